The van der Waals surface area contributed by atoms with Gasteiger partial charge >= 0.3 is 0 Å². The molecule has 1 aliphatic rings. The van der Waals surface area contributed by atoms with Crippen LogP contribution in [0.4, 0.5) is 11.4 Å². The summed E-state index contributed by atoms with van der Waals surface area (Å²) in [7, 11) is 0. The summed E-state index contributed by atoms with van der Waals surface area (Å²) in [5.74, 6) is -0.328. The lowest BCUT2D eigenvalue weighted by Crippen LogP contribution is -2.35. The topological polar surface area (TPSA) is 49.4 Å². The van der Waals surface area contributed by atoms with E-state index >= 15 is 0 Å². The summed E-state index contributed by atoms with van der Waals surface area (Å²) < 4.78 is 0. The van der Waals surface area contributed by atoms with Crippen LogP contribution in [-0.4, -0.2) is 18.4 Å². The number of halogens is 1. The third-order valence-corrected chi connectivity index (χ3v) is 5.76. The van der Waals surface area contributed by atoms with Crippen molar-refractivity contribution in [1.82, 2.24) is 0 Å². The Morgan fingerprint density at radius 1 is 1.07 bits per heavy atom. The van der Waals surface area contributed by atoms with Gasteiger partial charge in [0.2, 0.25) is 0 Å². The van der Waals surface area contributed by atoms with Crippen LogP contribution >= 0.6 is 22.9 Å². The molecule has 136 valence electrons. The number of carbonyl (C=O) groups excluding carboxylic acids is 2. The van der Waals surface area contributed by atoms with Gasteiger partial charge in [-0.3, -0.25) is 9.59 Å². The Kier molecular flexibility index (Phi) is 4.97. The minimum Gasteiger partial charge on any atom is -0.320 e. The van der Waals surface area contributed by atoms with Crippen molar-refractivity contribution in [2.75, 3.05) is 16.8 Å². The lowest BCUT2D eigenvalue weighted by Gasteiger charge is -2.29. The average Bonchev–Trinajstić information content (AvgIpc) is 3.24. The van der Waals surface area contributed by atoms with Gasteiger partial charge < -0.3 is 10.2 Å². The zero-order chi connectivity index (χ0) is 18.8. The maximum atomic E-state index is 13.1. The SMILES string of the molecule is O=C(Nc1cc(C(=O)N2CCCc3ccccc32)ccc1Cl)c1cccs1. The summed E-state index contributed by atoms with van der Waals surface area (Å²) in [5, 5.41) is 5.03. The Labute approximate surface area is 166 Å². The first-order valence-corrected chi connectivity index (χ1v) is 9.93. The van der Waals surface area contributed by atoms with Crippen LogP contribution in [0.2, 0.25) is 5.02 Å². The number of amides is 2. The molecule has 2 heterocycles. The van der Waals surface area contributed by atoms with Gasteiger partial charge in [-0.1, -0.05) is 35.9 Å². The summed E-state index contributed by atoms with van der Waals surface area (Å²) in [4.78, 5) is 27.8. The molecule has 0 unspecified atom stereocenters. The van der Waals surface area contributed by atoms with E-state index in [-0.39, 0.29) is 11.8 Å². The molecule has 1 N–H and O–H groups in total. The normalized spacial score (nSPS) is 13.1. The van der Waals surface area contributed by atoms with Gasteiger partial charge in [0, 0.05) is 17.8 Å². The number of hydrogen-bond acceptors (Lipinski definition) is 3. The molecular formula is C21H17ClN2O2S. The van der Waals surface area contributed by atoms with Crippen LogP contribution < -0.4 is 10.2 Å². The summed E-state index contributed by atoms with van der Waals surface area (Å²) in [6.45, 7) is 0.676. The molecular weight excluding hydrogens is 380 g/mol. The van der Waals surface area contributed by atoms with Gasteiger partial charge in [0.15, 0.2) is 0 Å². The number of thiophene rings is 1. The van der Waals surface area contributed by atoms with Crippen LogP contribution in [0.5, 0.6) is 0 Å². The summed E-state index contributed by atoms with van der Waals surface area (Å²) in [6.07, 6.45) is 1.90. The molecule has 6 heteroatoms. The van der Waals surface area contributed by atoms with Crippen LogP contribution in [-0.2, 0) is 6.42 Å². The van der Waals surface area contributed by atoms with Gasteiger partial charge in [-0.15, -0.1) is 11.3 Å². The molecule has 3 aromatic rings. The third kappa shape index (κ3) is 3.61. The molecule has 4 rings (SSSR count). The minimum absolute atomic E-state index is 0.0922. The Hall–Kier alpha value is -2.63. The van der Waals surface area contributed by atoms with Crippen molar-refractivity contribution in [3.8, 4) is 0 Å². The molecule has 0 bridgehead atoms. The molecule has 1 aliphatic heterocycles. The van der Waals surface area contributed by atoms with E-state index in [1.165, 1.54) is 16.9 Å². The van der Waals surface area contributed by atoms with E-state index in [1.54, 1.807) is 29.2 Å². The standard InChI is InChI=1S/C21H17ClN2O2S/c22-16-10-9-15(13-17(16)23-20(25)19-8-4-12-27-19)21(26)24-11-3-6-14-5-1-2-7-18(14)24/h1-2,4-5,7-10,12-13H,3,6,11H2,(H,23,25). The van der Waals surface area contributed by atoms with E-state index < -0.39 is 0 Å². The summed E-state index contributed by atoms with van der Waals surface area (Å²) in [6, 6.07) is 16.5. The molecule has 0 saturated carbocycles. The molecule has 0 atom stereocenters. The van der Waals surface area contributed by atoms with E-state index in [0.717, 1.165) is 18.5 Å². The van der Waals surface area contributed by atoms with E-state index in [0.29, 0.717) is 27.7 Å². The Balaban J connectivity index is 1.61. The highest BCUT2D eigenvalue weighted by molar-refractivity contribution is 7.12. The molecule has 1 aromatic heterocycles. The maximum Gasteiger partial charge on any atom is 0.265 e. The zero-order valence-corrected chi connectivity index (χ0v) is 16.0. The van der Waals surface area contributed by atoms with Gasteiger partial charge in [0.25, 0.3) is 11.8 Å². The van der Waals surface area contributed by atoms with E-state index in [9.17, 15) is 9.59 Å². The molecule has 4 nitrogen and oxygen atoms in total. The quantitative estimate of drug-likeness (QED) is 0.657. The Morgan fingerprint density at radius 2 is 1.93 bits per heavy atom. The summed E-state index contributed by atoms with van der Waals surface area (Å²) in [5.41, 5.74) is 3.06. The number of para-hydroxylation sites is 1. The molecule has 0 radical (unpaired) electrons. The van der Waals surface area contributed by atoms with Crippen LogP contribution in [0.25, 0.3) is 0 Å². The Bertz CT molecular complexity index is 1000. The number of hydrogen-bond donors (Lipinski definition) is 1. The summed E-state index contributed by atoms with van der Waals surface area (Å²) >= 11 is 7.59. The smallest absolute Gasteiger partial charge is 0.265 e. The third-order valence-electron chi connectivity index (χ3n) is 4.56. The number of rotatable bonds is 3. The highest BCUT2D eigenvalue weighted by Crippen LogP contribution is 2.30. The number of nitrogens with zero attached hydrogens (tertiary/aromatic N) is 1. The second kappa shape index (κ2) is 7.55. The molecule has 2 aromatic carbocycles. The second-order valence-electron chi connectivity index (χ2n) is 6.32. The first-order chi connectivity index (χ1) is 13.1. The van der Waals surface area contributed by atoms with Gasteiger partial charge in [-0.25, -0.2) is 0 Å². The van der Waals surface area contributed by atoms with Crippen LogP contribution in [0.3, 0.4) is 0 Å². The number of nitrogens with one attached hydrogen (secondary N) is 1. The lowest BCUT2D eigenvalue weighted by atomic mass is 10.0. The van der Waals surface area contributed by atoms with E-state index in [4.69, 9.17) is 11.6 Å². The van der Waals surface area contributed by atoms with Gasteiger partial charge in [-0.2, -0.15) is 0 Å². The van der Waals surface area contributed by atoms with Crippen LogP contribution in [0.15, 0.2) is 60.0 Å². The van der Waals surface area contributed by atoms with Gasteiger partial charge in [0.1, 0.15) is 0 Å². The van der Waals surface area contributed by atoms with Crippen LogP contribution in [0, 0.1) is 0 Å². The fourth-order valence-electron chi connectivity index (χ4n) is 3.25. The van der Waals surface area contributed by atoms with Crippen molar-refractivity contribution in [2.45, 2.75) is 12.8 Å². The van der Waals surface area contributed by atoms with E-state index in [1.807, 2.05) is 29.6 Å². The molecule has 0 saturated heterocycles. The number of aryl methyl sites for hydroxylation is 1. The van der Waals surface area contributed by atoms with Gasteiger partial charge in [0.05, 0.1) is 15.6 Å². The largest absolute Gasteiger partial charge is 0.320 e. The molecule has 2 amide bonds. The number of benzene rings is 2. The maximum absolute atomic E-state index is 13.1. The predicted octanol–water partition coefficient (Wildman–Crippen LogP) is 5.25. The fraction of sp³-hybridized carbons (Fsp3) is 0.143. The minimum atomic E-state index is -0.236. The number of anilines is 2. The first-order valence-electron chi connectivity index (χ1n) is 8.67. The first kappa shape index (κ1) is 17.8. The van der Waals surface area contributed by atoms with Crippen molar-refractivity contribution < 1.29 is 9.59 Å². The van der Waals surface area contributed by atoms with Crippen molar-refractivity contribution in [3.05, 3.63) is 81.0 Å². The Morgan fingerprint density at radius 3 is 2.74 bits per heavy atom. The predicted molar refractivity (Wildman–Crippen MR) is 110 cm³/mol. The highest BCUT2D eigenvalue weighted by atomic mass is 35.5. The molecule has 0 aliphatic carbocycles. The fourth-order valence-corrected chi connectivity index (χ4v) is 4.03. The van der Waals surface area contributed by atoms with Crippen molar-refractivity contribution in [3.63, 3.8) is 0 Å². The van der Waals surface area contributed by atoms with Crippen LogP contribution in [0.1, 0.15) is 32.0 Å². The van der Waals surface area contributed by atoms with Crippen molar-refractivity contribution >= 4 is 46.1 Å². The van der Waals surface area contributed by atoms with Crippen molar-refractivity contribution in [1.29, 1.82) is 0 Å². The molecule has 0 spiro atoms. The lowest BCUT2D eigenvalue weighted by molar-refractivity contribution is 0.0983. The van der Waals surface area contributed by atoms with E-state index in [2.05, 4.69) is 11.4 Å². The highest BCUT2D eigenvalue weighted by Gasteiger charge is 2.24. The molecule has 0 fully saturated rings. The number of fused-ring (bicyclic) bond motifs is 1. The van der Waals surface area contributed by atoms with Crippen molar-refractivity contribution in [2.24, 2.45) is 0 Å². The van der Waals surface area contributed by atoms with Gasteiger partial charge in [-0.05, 0) is 54.1 Å². The number of carbonyl (C=O) groups is 2. The molecule has 27 heavy (non-hydrogen) atoms. The average molecular weight is 397 g/mol. The monoisotopic (exact) mass is 396 g/mol. The second-order valence-corrected chi connectivity index (χ2v) is 7.67. The zero-order valence-electron chi connectivity index (χ0n) is 14.4.